The first-order valence-electron chi connectivity index (χ1n) is 8.71. The van der Waals surface area contributed by atoms with Crippen LogP contribution >= 0.6 is 0 Å². The zero-order chi connectivity index (χ0) is 20.6. The van der Waals surface area contributed by atoms with Crippen LogP contribution < -0.4 is 10.1 Å². The number of carbonyl (C=O) groups excluding carboxylic acids is 1. The SMILES string of the molecule is N#C/C(=C/c1ccccc1OCc1ccc(F)cc1)C(=O)Nc1ccccc1F. The Morgan fingerprint density at radius 3 is 2.41 bits per heavy atom. The van der Waals surface area contributed by atoms with Gasteiger partial charge in [-0.15, -0.1) is 0 Å². The van der Waals surface area contributed by atoms with Crippen molar-refractivity contribution >= 4 is 17.7 Å². The van der Waals surface area contributed by atoms with E-state index in [0.717, 1.165) is 5.56 Å². The minimum atomic E-state index is -0.731. The van der Waals surface area contributed by atoms with Gasteiger partial charge in [0, 0.05) is 5.56 Å². The molecule has 0 saturated heterocycles. The number of carbonyl (C=O) groups is 1. The third kappa shape index (κ3) is 5.27. The Labute approximate surface area is 166 Å². The molecule has 0 radical (unpaired) electrons. The van der Waals surface area contributed by atoms with Crippen molar-refractivity contribution in [2.24, 2.45) is 0 Å². The second-order valence-corrected chi connectivity index (χ2v) is 6.06. The van der Waals surface area contributed by atoms with Gasteiger partial charge in [-0.1, -0.05) is 42.5 Å². The summed E-state index contributed by atoms with van der Waals surface area (Å²) in [6.07, 6.45) is 1.37. The van der Waals surface area contributed by atoms with Crippen LogP contribution in [0.15, 0.2) is 78.4 Å². The predicted octanol–water partition coefficient (Wildman–Crippen LogP) is 5.09. The van der Waals surface area contributed by atoms with Gasteiger partial charge in [-0.2, -0.15) is 5.26 Å². The van der Waals surface area contributed by atoms with E-state index in [1.165, 1.54) is 36.4 Å². The molecule has 0 atom stereocenters. The van der Waals surface area contributed by atoms with Gasteiger partial charge >= 0.3 is 0 Å². The molecule has 29 heavy (non-hydrogen) atoms. The Kier molecular flexibility index (Phi) is 6.33. The summed E-state index contributed by atoms with van der Waals surface area (Å²) in [5, 5.41) is 11.8. The lowest BCUT2D eigenvalue weighted by Crippen LogP contribution is -2.14. The van der Waals surface area contributed by atoms with Crippen molar-refractivity contribution in [3.63, 3.8) is 0 Å². The summed E-state index contributed by atoms with van der Waals surface area (Å²) in [6, 6.07) is 20.3. The third-order valence-corrected chi connectivity index (χ3v) is 4.01. The van der Waals surface area contributed by atoms with Gasteiger partial charge in [-0.3, -0.25) is 4.79 Å². The van der Waals surface area contributed by atoms with E-state index in [4.69, 9.17) is 4.74 Å². The fourth-order valence-electron chi connectivity index (χ4n) is 2.53. The number of rotatable bonds is 6. The van der Waals surface area contributed by atoms with Crippen LogP contribution in [0.1, 0.15) is 11.1 Å². The molecule has 0 heterocycles. The zero-order valence-corrected chi connectivity index (χ0v) is 15.2. The van der Waals surface area contributed by atoms with Gasteiger partial charge in [0.05, 0.1) is 5.69 Å². The average Bonchev–Trinajstić information content (AvgIpc) is 2.74. The van der Waals surface area contributed by atoms with Crippen LogP contribution in [0.5, 0.6) is 5.75 Å². The van der Waals surface area contributed by atoms with Crippen molar-refractivity contribution in [3.8, 4) is 11.8 Å². The number of hydrogen-bond donors (Lipinski definition) is 1. The fraction of sp³-hybridized carbons (Fsp3) is 0.0435. The van der Waals surface area contributed by atoms with E-state index in [-0.39, 0.29) is 23.7 Å². The summed E-state index contributed by atoms with van der Waals surface area (Å²) in [7, 11) is 0. The van der Waals surface area contributed by atoms with Crippen LogP contribution in [0, 0.1) is 23.0 Å². The highest BCUT2D eigenvalue weighted by atomic mass is 19.1. The summed E-state index contributed by atoms with van der Waals surface area (Å²) in [5.74, 6) is -1.22. The number of amides is 1. The molecule has 0 aliphatic rings. The first kappa shape index (κ1) is 19.8. The van der Waals surface area contributed by atoms with Crippen LogP contribution in [-0.4, -0.2) is 5.91 Å². The number of ether oxygens (including phenoxy) is 1. The van der Waals surface area contributed by atoms with E-state index in [1.54, 1.807) is 42.5 Å². The predicted molar refractivity (Wildman–Crippen MR) is 106 cm³/mol. The van der Waals surface area contributed by atoms with E-state index in [1.807, 2.05) is 6.07 Å². The molecule has 0 bridgehead atoms. The standard InChI is InChI=1S/C23H16F2N2O2/c24-19-11-9-16(10-12-19)15-29-22-8-4-1-5-17(22)13-18(14-26)23(28)27-21-7-3-2-6-20(21)25/h1-13H,15H2,(H,27,28)/b18-13-. The van der Waals surface area contributed by atoms with Gasteiger partial charge in [0.2, 0.25) is 0 Å². The zero-order valence-electron chi connectivity index (χ0n) is 15.2. The molecule has 3 rings (SSSR count). The lowest BCUT2D eigenvalue weighted by atomic mass is 10.1. The van der Waals surface area contributed by atoms with E-state index in [2.05, 4.69) is 5.32 Å². The number of halogens is 2. The normalized spacial score (nSPS) is 10.9. The van der Waals surface area contributed by atoms with Gasteiger partial charge < -0.3 is 10.1 Å². The van der Waals surface area contributed by atoms with Crippen LogP contribution in [0.4, 0.5) is 14.5 Å². The minimum Gasteiger partial charge on any atom is -0.488 e. The second kappa shape index (κ2) is 9.29. The third-order valence-electron chi connectivity index (χ3n) is 4.01. The van der Waals surface area contributed by atoms with Crippen molar-refractivity contribution in [3.05, 3.63) is 101 Å². The molecule has 144 valence electrons. The first-order valence-corrected chi connectivity index (χ1v) is 8.71. The molecule has 4 nitrogen and oxygen atoms in total. The van der Waals surface area contributed by atoms with Crippen LogP contribution in [0.25, 0.3) is 6.08 Å². The highest BCUT2D eigenvalue weighted by molar-refractivity contribution is 6.09. The Morgan fingerprint density at radius 1 is 1.00 bits per heavy atom. The van der Waals surface area contributed by atoms with Crippen molar-refractivity contribution in [2.45, 2.75) is 6.61 Å². The molecule has 1 amide bonds. The number of hydrogen-bond acceptors (Lipinski definition) is 3. The van der Waals surface area contributed by atoms with Gasteiger partial charge in [0.1, 0.15) is 35.6 Å². The van der Waals surface area contributed by atoms with E-state index in [9.17, 15) is 18.8 Å². The second-order valence-electron chi connectivity index (χ2n) is 6.06. The highest BCUT2D eigenvalue weighted by Gasteiger charge is 2.13. The summed E-state index contributed by atoms with van der Waals surface area (Å²) in [5.41, 5.74) is 1.06. The monoisotopic (exact) mass is 390 g/mol. The van der Waals surface area contributed by atoms with Crippen molar-refractivity contribution < 1.29 is 18.3 Å². The van der Waals surface area contributed by atoms with E-state index >= 15 is 0 Å². The topological polar surface area (TPSA) is 62.1 Å². The number of anilines is 1. The molecule has 0 spiro atoms. The van der Waals surface area contributed by atoms with Gasteiger partial charge in [0.15, 0.2) is 0 Å². The summed E-state index contributed by atoms with van der Waals surface area (Å²) in [4.78, 5) is 12.4. The molecule has 3 aromatic rings. The quantitative estimate of drug-likeness (QED) is 0.471. The van der Waals surface area contributed by atoms with Gasteiger partial charge in [-0.25, -0.2) is 8.78 Å². The summed E-state index contributed by atoms with van der Waals surface area (Å²) >= 11 is 0. The maximum Gasteiger partial charge on any atom is 0.266 e. The Hall–Kier alpha value is -3.98. The summed E-state index contributed by atoms with van der Waals surface area (Å²) < 4.78 is 32.5. The molecule has 0 aromatic heterocycles. The lowest BCUT2D eigenvalue weighted by molar-refractivity contribution is -0.112. The smallest absolute Gasteiger partial charge is 0.266 e. The number of benzene rings is 3. The van der Waals surface area contributed by atoms with Crippen molar-refractivity contribution in [1.82, 2.24) is 0 Å². The molecule has 0 aliphatic heterocycles. The molecular formula is C23H16F2N2O2. The van der Waals surface area contributed by atoms with Crippen LogP contribution in [0.3, 0.4) is 0 Å². The van der Waals surface area contributed by atoms with Crippen molar-refractivity contribution in [2.75, 3.05) is 5.32 Å². The molecule has 0 unspecified atom stereocenters. The highest BCUT2D eigenvalue weighted by Crippen LogP contribution is 2.23. The largest absolute Gasteiger partial charge is 0.488 e. The fourth-order valence-corrected chi connectivity index (χ4v) is 2.53. The Balaban J connectivity index is 1.78. The molecule has 0 aliphatic carbocycles. The van der Waals surface area contributed by atoms with Crippen molar-refractivity contribution in [1.29, 1.82) is 5.26 Å². The number of nitrogens with zero attached hydrogens (tertiary/aromatic N) is 1. The summed E-state index contributed by atoms with van der Waals surface area (Å²) in [6.45, 7) is 0.189. The van der Waals surface area contributed by atoms with Gasteiger partial charge in [-0.05, 0) is 42.0 Å². The molecule has 3 aromatic carbocycles. The average molecular weight is 390 g/mol. The first-order chi connectivity index (χ1) is 14.1. The van der Waals surface area contributed by atoms with Crippen LogP contribution in [-0.2, 0) is 11.4 Å². The van der Waals surface area contributed by atoms with Gasteiger partial charge in [0.25, 0.3) is 5.91 Å². The van der Waals surface area contributed by atoms with E-state index < -0.39 is 11.7 Å². The molecular weight excluding hydrogens is 374 g/mol. The Bertz CT molecular complexity index is 1090. The van der Waals surface area contributed by atoms with Crippen LogP contribution in [0.2, 0.25) is 0 Å². The molecule has 1 N–H and O–H groups in total. The Morgan fingerprint density at radius 2 is 1.69 bits per heavy atom. The number of para-hydroxylation sites is 2. The maximum absolute atomic E-state index is 13.7. The maximum atomic E-state index is 13.7. The minimum absolute atomic E-state index is 0.0144. The van der Waals surface area contributed by atoms with E-state index in [0.29, 0.717) is 11.3 Å². The number of nitriles is 1. The molecule has 0 fully saturated rings. The molecule has 0 saturated carbocycles. The number of nitrogens with one attached hydrogen (secondary N) is 1. The molecule has 6 heteroatoms. The lowest BCUT2D eigenvalue weighted by Gasteiger charge is -2.10.